The Morgan fingerprint density at radius 3 is 2.43 bits per heavy atom. The molecule has 12 heteroatoms. The fourth-order valence-corrected chi connectivity index (χ4v) is 8.54. The number of benzene rings is 1. The third-order valence-corrected chi connectivity index (χ3v) is 11.1. The Bertz CT molecular complexity index is 1560. The molecule has 4 saturated heterocycles. The molecule has 0 saturated carbocycles. The van der Waals surface area contributed by atoms with Gasteiger partial charge in [0.25, 0.3) is 5.91 Å². The van der Waals surface area contributed by atoms with Gasteiger partial charge in [0.05, 0.1) is 22.6 Å². The molecular weight excluding hydrogens is 584 g/mol. The van der Waals surface area contributed by atoms with Crippen molar-refractivity contribution >= 4 is 23.0 Å². The van der Waals surface area contributed by atoms with Gasteiger partial charge in [-0.15, -0.1) is 0 Å². The lowest BCUT2D eigenvalue weighted by atomic mass is 9.79. The van der Waals surface area contributed by atoms with Gasteiger partial charge < -0.3 is 24.8 Å². The van der Waals surface area contributed by atoms with Crippen molar-refractivity contribution in [3.8, 4) is 0 Å². The maximum atomic E-state index is 14.1. The van der Waals surface area contributed by atoms with Crippen LogP contribution in [0.15, 0.2) is 52.4 Å². The summed E-state index contributed by atoms with van der Waals surface area (Å²) in [5, 5.41) is 3.46. The number of carbonyl (C=O) groups is 2. The zero-order valence-corrected chi connectivity index (χ0v) is 27.0. The summed E-state index contributed by atoms with van der Waals surface area (Å²) in [6.45, 7) is 8.68. The lowest BCUT2D eigenvalue weighted by molar-refractivity contribution is -0.142. The lowest BCUT2D eigenvalue weighted by Crippen LogP contribution is -2.50. The van der Waals surface area contributed by atoms with Crippen molar-refractivity contribution in [3.63, 3.8) is 0 Å². The van der Waals surface area contributed by atoms with E-state index in [1.54, 1.807) is 4.90 Å². The minimum Gasteiger partial charge on any atom is -0.436 e. The number of nitrogens with zero attached hydrogens (tertiary/aromatic N) is 3. The second-order valence-corrected chi connectivity index (χ2v) is 14.1. The van der Waals surface area contributed by atoms with Crippen molar-refractivity contribution in [3.05, 3.63) is 58.0 Å². The summed E-state index contributed by atoms with van der Waals surface area (Å²) in [5.74, 6) is 1.27. The quantitative estimate of drug-likeness (QED) is 0.328. The van der Waals surface area contributed by atoms with Gasteiger partial charge in [0, 0.05) is 38.6 Å². The van der Waals surface area contributed by atoms with Crippen LogP contribution in [0.3, 0.4) is 0 Å². The van der Waals surface area contributed by atoms with Gasteiger partial charge in [-0.25, -0.2) is 20.4 Å². The van der Waals surface area contributed by atoms with Crippen molar-refractivity contribution in [1.29, 1.82) is 0 Å². The number of fused-ring (bicyclic) bond motifs is 2. The summed E-state index contributed by atoms with van der Waals surface area (Å²) in [5.41, 5.74) is 12.9. The van der Waals surface area contributed by atoms with Crippen LogP contribution < -0.4 is 27.4 Å². The zero-order chi connectivity index (χ0) is 31.8. The Hall–Kier alpha value is -3.45. The maximum Gasteiger partial charge on any atom is 0.410 e. The van der Waals surface area contributed by atoms with Crippen LogP contribution in [-0.2, 0) is 9.53 Å². The van der Waals surface area contributed by atoms with E-state index in [2.05, 4.69) is 52.7 Å². The van der Waals surface area contributed by atoms with E-state index in [-0.39, 0.29) is 29.2 Å². The number of piperidine rings is 3. The highest BCUT2D eigenvalue weighted by Gasteiger charge is 2.42. The Morgan fingerprint density at radius 1 is 0.978 bits per heavy atom. The molecule has 3 unspecified atom stereocenters. The van der Waals surface area contributed by atoms with Gasteiger partial charge in [-0.1, -0.05) is 29.9 Å². The van der Waals surface area contributed by atoms with Crippen LogP contribution >= 0.6 is 0 Å². The van der Waals surface area contributed by atoms with E-state index in [1.807, 2.05) is 33.7 Å². The predicted octanol–water partition coefficient (Wildman–Crippen LogP) is 2.73. The average Bonchev–Trinajstić information content (AvgIpc) is 3.63. The first-order valence-electron chi connectivity index (χ1n) is 17.1. The van der Waals surface area contributed by atoms with Gasteiger partial charge in [-0.2, -0.15) is 5.53 Å². The van der Waals surface area contributed by atoms with Crippen LogP contribution in [0, 0.1) is 11.8 Å². The van der Waals surface area contributed by atoms with Crippen LogP contribution in [0.5, 0.6) is 0 Å². The van der Waals surface area contributed by atoms with Crippen molar-refractivity contribution in [2.75, 3.05) is 39.3 Å². The van der Waals surface area contributed by atoms with Crippen LogP contribution in [0.25, 0.3) is 11.0 Å². The number of allylic oxidation sites excluding steroid dienone is 1. The molecule has 5 heterocycles. The van der Waals surface area contributed by atoms with E-state index in [4.69, 9.17) is 4.74 Å². The largest absolute Gasteiger partial charge is 0.436 e. The summed E-state index contributed by atoms with van der Waals surface area (Å²) in [6, 6.07) is 7.77. The van der Waals surface area contributed by atoms with Gasteiger partial charge in [0.2, 0.25) is 0 Å². The van der Waals surface area contributed by atoms with E-state index >= 15 is 0 Å². The number of aromatic nitrogens is 2. The lowest BCUT2D eigenvalue weighted by Gasteiger charge is -2.39. The summed E-state index contributed by atoms with van der Waals surface area (Å²) in [6.07, 6.45) is 8.89. The molecule has 2 amide bonds. The molecule has 248 valence electrons. The van der Waals surface area contributed by atoms with Crippen molar-refractivity contribution in [1.82, 2.24) is 41.1 Å². The van der Waals surface area contributed by atoms with Gasteiger partial charge in [0.1, 0.15) is 0 Å². The Labute approximate surface area is 269 Å². The predicted molar refractivity (Wildman–Crippen MR) is 176 cm³/mol. The SMILES string of the molecule is CC1=CC(CC(OC(=O)N2CCC(n3c(=O)[nH]c4ccccc43)CC2)C(=O)N2CCC(C3CCNCC3)CC2)=CC2(C)NNNC12. The third-order valence-electron chi connectivity index (χ3n) is 11.1. The number of carbonyl (C=O) groups excluding carboxylic acids is 2. The van der Waals surface area contributed by atoms with Crippen LogP contribution in [0.4, 0.5) is 4.79 Å². The average molecular weight is 633 g/mol. The number of imidazole rings is 1. The first-order chi connectivity index (χ1) is 22.3. The van der Waals surface area contributed by atoms with Crippen molar-refractivity contribution in [2.45, 2.75) is 82.5 Å². The Morgan fingerprint density at radius 2 is 1.67 bits per heavy atom. The molecule has 7 rings (SSSR count). The number of para-hydroxylation sites is 2. The van der Waals surface area contributed by atoms with Crippen LogP contribution in [-0.4, -0.2) is 88.3 Å². The number of amides is 2. The fraction of sp³-hybridized carbons (Fsp3) is 0.618. The fourth-order valence-electron chi connectivity index (χ4n) is 8.54. The number of likely N-dealkylation sites (tertiary alicyclic amines) is 2. The first kappa shape index (κ1) is 31.2. The maximum absolute atomic E-state index is 14.1. The topological polar surface area (TPSA) is 136 Å². The smallest absolute Gasteiger partial charge is 0.410 e. The number of rotatable bonds is 6. The van der Waals surface area contributed by atoms with Gasteiger partial charge in [-0.3, -0.25) is 9.36 Å². The highest BCUT2D eigenvalue weighted by Crippen LogP contribution is 2.34. The normalized spacial score (nSPS) is 27.3. The van der Waals surface area contributed by atoms with E-state index in [9.17, 15) is 14.4 Å². The summed E-state index contributed by atoms with van der Waals surface area (Å²) in [7, 11) is 0. The van der Waals surface area contributed by atoms with E-state index in [0.717, 1.165) is 54.0 Å². The molecule has 1 aliphatic carbocycles. The van der Waals surface area contributed by atoms with E-state index in [1.165, 1.54) is 12.8 Å². The summed E-state index contributed by atoms with van der Waals surface area (Å²) >= 11 is 0. The van der Waals surface area contributed by atoms with E-state index < -0.39 is 12.2 Å². The van der Waals surface area contributed by atoms with Gasteiger partial charge in [0.15, 0.2) is 6.10 Å². The molecule has 46 heavy (non-hydrogen) atoms. The number of hydrazine groups is 2. The molecule has 2 aromatic rings. The minimum absolute atomic E-state index is 0.0123. The molecule has 0 bridgehead atoms. The molecule has 1 aromatic carbocycles. The molecule has 12 nitrogen and oxygen atoms in total. The molecule has 5 aliphatic rings. The van der Waals surface area contributed by atoms with Gasteiger partial charge in [-0.05, 0) is 95.0 Å². The summed E-state index contributed by atoms with van der Waals surface area (Å²) in [4.78, 5) is 47.1. The Kier molecular flexibility index (Phi) is 8.79. The second kappa shape index (κ2) is 13.0. The molecule has 3 atom stereocenters. The third kappa shape index (κ3) is 6.15. The number of hydrogen-bond donors (Lipinski definition) is 5. The molecule has 4 fully saturated rings. The molecule has 0 spiro atoms. The van der Waals surface area contributed by atoms with Crippen molar-refractivity contribution in [2.24, 2.45) is 11.8 Å². The van der Waals surface area contributed by atoms with Gasteiger partial charge >= 0.3 is 11.8 Å². The molecule has 0 radical (unpaired) electrons. The van der Waals surface area contributed by atoms with Crippen LogP contribution in [0.1, 0.15) is 64.8 Å². The monoisotopic (exact) mass is 632 g/mol. The number of H-pyrrole nitrogens is 1. The number of hydrogen-bond acceptors (Lipinski definition) is 8. The highest BCUT2D eigenvalue weighted by molar-refractivity contribution is 5.84. The van der Waals surface area contributed by atoms with Crippen LogP contribution in [0.2, 0.25) is 0 Å². The minimum atomic E-state index is -0.908. The number of nitrogens with one attached hydrogen (secondary N) is 5. The standard InChI is InChI=1S/C34H48N8O4/c1-22-19-23(21-34(2)30(22)37-39-38-34)20-29(31(43)40-15-9-25(10-16-40)24-7-13-35-14-8-24)46-33(45)41-17-11-26(12-18-41)42-28-6-4-3-5-27(28)36-32(42)44/h3-6,19,21,24-26,29-30,35,37-39H,7-18,20H2,1-2H3,(H,36,44). The second-order valence-electron chi connectivity index (χ2n) is 14.1. The number of aromatic amines is 1. The molecule has 5 N–H and O–H groups in total. The zero-order valence-electron chi connectivity index (χ0n) is 27.0. The molecule has 4 aliphatic heterocycles. The molecular formula is C34H48N8O4. The Balaban J connectivity index is 1.04. The first-order valence-corrected chi connectivity index (χ1v) is 17.1. The summed E-state index contributed by atoms with van der Waals surface area (Å²) < 4.78 is 7.96. The van der Waals surface area contributed by atoms with E-state index in [0.29, 0.717) is 51.4 Å². The number of ether oxygens (including phenoxy) is 1. The van der Waals surface area contributed by atoms with Crippen molar-refractivity contribution < 1.29 is 14.3 Å². The molecule has 1 aromatic heterocycles. The highest BCUT2D eigenvalue weighted by atomic mass is 16.6.